The van der Waals surface area contributed by atoms with Gasteiger partial charge >= 0.3 is 11.9 Å². The van der Waals surface area contributed by atoms with Crippen molar-refractivity contribution in [1.29, 1.82) is 0 Å². The summed E-state index contributed by atoms with van der Waals surface area (Å²) in [5.74, 6) is -1.65. The SMILES string of the molecule is COC(=O)/C=C(/Nc1cccc2c1NCCNC2=O)C(=O)OC. The molecule has 1 heterocycles. The van der Waals surface area contributed by atoms with E-state index in [1.54, 1.807) is 18.2 Å². The summed E-state index contributed by atoms with van der Waals surface area (Å²) in [7, 11) is 2.40. The monoisotopic (exact) mass is 319 g/mol. The number of methoxy groups -OCH3 is 2. The fourth-order valence-electron chi connectivity index (χ4n) is 2.07. The van der Waals surface area contributed by atoms with Gasteiger partial charge < -0.3 is 25.4 Å². The number of nitrogens with one attached hydrogen (secondary N) is 3. The molecule has 1 aliphatic heterocycles. The first-order valence-electron chi connectivity index (χ1n) is 6.87. The van der Waals surface area contributed by atoms with Crippen LogP contribution in [0.25, 0.3) is 0 Å². The molecule has 1 amide bonds. The van der Waals surface area contributed by atoms with Gasteiger partial charge in [-0.3, -0.25) is 4.79 Å². The van der Waals surface area contributed by atoms with E-state index in [0.717, 1.165) is 6.08 Å². The molecule has 23 heavy (non-hydrogen) atoms. The number of ether oxygens (including phenoxy) is 2. The maximum atomic E-state index is 12.0. The third-order valence-corrected chi connectivity index (χ3v) is 3.16. The Morgan fingerprint density at radius 3 is 2.61 bits per heavy atom. The molecule has 2 rings (SSSR count). The lowest BCUT2D eigenvalue weighted by Crippen LogP contribution is -2.24. The molecule has 0 saturated carbocycles. The van der Waals surface area contributed by atoms with E-state index in [1.807, 2.05) is 0 Å². The Morgan fingerprint density at radius 1 is 1.17 bits per heavy atom. The number of carbonyl (C=O) groups is 3. The molecule has 0 radical (unpaired) electrons. The lowest BCUT2D eigenvalue weighted by Gasteiger charge is -2.15. The highest BCUT2D eigenvalue weighted by Crippen LogP contribution is 2.28. The maximum absolute atomic E-state index is 12.0. The summed E-state index contributed by atoms with van der Waals surface area (Å²) in [6.07, 6.45) is 0.988. The summed E-state index contributed by atoms with van der Waals surface area (Å²) in [5.41, 5.74) is 1.36. The standard InChI is InChI=1S/C15H17N3O5/c1-22-12(19)8-11(15(21)23-2)18-10-5-3-4-9-13(10)16-6-7-17-14(9)20/h3-5,8,16,18H,6-7H2,1-2H3,(H,17,20)/b11-8+. The number of fused-ring (bicyclic) bond motifs is 1. The zero-order valence-electron chi connectivity index (χ0n) is 12.8. The Labute approximate surface area is 132 Å². The second-order valence-electron chi connectivity index (χ2n) is 4.61. The second-order valence-corrected chi connectivity index (χ2v) is 4.61. The molecule has 0 atom stereocenters. The van der Waals surface area contributed by atoms with Gasteiger partial charge in [0.2, 0.25) is 0 Å². The Hall–Kier alpha value is -3.03. The normalized spacial score (nSPS) is 13.8. The first-order chi connectivity index (χ1) is 11.1. The fourth-order valence-corrected chi connectivity index (χ4v) is 2.07. The summed E-state index contributed by atoms with van der Waals surface area (Å²) in [6.45, 7) is 1.01. The summed E-state index contributed by atoms with van der Waals surface area (Å²) >= 11 is 0. The molecule has 0 saturated heterocycles. The van der Waals surface area contributed by atoms with Gasteiger partial charge in [-0.1, -0.05) is 6.07 Å². The van der Waals surface area contributed by atoms with E-state index in [9.17, 15) is 14.4 Å². The van der Waals surface area contributed by atoms with E-state index in [-0.39, 0.29) is 11.6 Å². The van der Waals surface area contributed by atoms with Crippen LogP contribution >= 0.6 is 0 Å². The summed E-state index contributed by atoms with van der Waals surface area (Å²) in [5, 5.41) is 8.67. The van der Waals surface area contributed by atoms with Crippen molar-refractivity contribution < 1.29 is 23.9 Å². The van der Waals surface area contributed by atoms with Crippen molar-refractivity contribution >= 4 is 29.2 Å². The third-order valence-electron chi connectivity index (χ3n) is 3.16. The Morgan fingerprint density at radius 2 is 1.91 bits per heavy atom. The quantitative estimate of drug-likeness (QED) is 0.547. The Bertz CT molecular complexity index is 669. The molecule has 122 valence electrons. The van der Waals surface area contributed by atoms with Crippen LogP contribution in [-0.2, 0) is 19.1 Å². The molecular formula is C15H17N3O5. The lowest BCUT2D eigenvalue weighted by molar-refractivity contribution is -0.138. The zero-order valence-corrected chi connectivity index (χ0v) is 12.8. The minimum atomic E-state index is -0.730. The molecule has 0 spiro atoms. The molecule has 1 aromatic carbocycles. The minimum Gasteiger partial charge on any atom is -0.466 e. The van der Waals surface area contributed by atoms with Gasteiger partial charge in [-0.25, -0.2) is 9.59 Å². The zero-order chi connectivity index (χ0) is 16.8. The first-order valence-corrected chi connectivity index (χ1v) is 6.87. The van der Waals surface area contributed by atoms with Crippen LogP contribution < -0.4 is 16.0 Å². The van der Waals surface area contributed by atoms with Crippen LogP contribution in [-0.4, -0.2) is 45.2 Å². The first kappa shape index (κ1) is 16.3. The van der Waals surface area contributed by atoms with Crippen molar-refractivity contribution in [2.24, 2.45) is 0 Å². The number of amides is 1. The number of hydrogen-bond acceptors (Lipinski definition) is 7. The second kappa shape index (κ2) is 7.30. The van der Waals surface area contributed by atoms with Gasteiger partial charge in [-0.15, -0.1) is 0 Å². The number of para-hydroxylation sites is 1. The Balaban J connectivity index is 2.39. The van der Waals surface area contributed by atoms with E-state index in [2.05, 4.69) is 25.4 Å². The molecule has 0 aliphatic carbocycles. The van der Waals surface area contributed by atoms with Crippen LogP contribution in [0.2, 0.25) is 0 Å². The van der Waals surface area contributed by atoms with Gasteiger partial charge in [-0.05, 0) is 12.1 Å². The van der Waals surface area contributed by atoms with Gasteiger partial charge in [0.1, 0.15) is 5.70 Å². The number of esters is 2. The number of hydrogen-bond donors (Lipinski definition) is 3. The molecule has 0 unspecified atom stereocenters. The van der Waals surface area contributed by atoms with Crippen LogP contribution in [0.1, 0.15) is 10.4 Å². The maximum Gasteiger partial charge on any atom is 0.354 e. The highest BCUT2D eigenvalue weighted by atomic mass is 16.5. The van der Waals surface area contributed by atoms with Gasteiger partial charge in [0.25, 0.3) is 5.91 Å². The van der Waals surface area contributed by atoms with E-state index >= 15 is 0 Å². The van der Waals surface area contributed by atoms with Crippen molar-refractivity contribution in [2.45, 2.75) is 0 Å². The van der Waals surface area contributed by atoms with E-state index < -0.39 is 11.9 Å². The van der Waals surface area contributed by atoms with Gasteiger partial charge in [0.05, 0.1) is 37.2 Å². The average Bonchev–Trinajstić information content (AvgIpc) is 2.76. The molecule has 0 bridgehead atoms. The average molecular weight is 319 g/mol. The van der Waals surface area contributed by atoms with E-state index in [4.69, 9.17) is 0 Å². The van der Waals surface area contributed by atoms with Crippen LogP contribution in [0.4, 0.5) is 11.4 Å². The smallest absolute Gasteiger partial charge is 0.354 e. The van der Waals surface area contributed by atoms with Crippen molar-refractivity contribution in [3.63, 3.8) is 0 Å². The molecule has 3 N–H and O–H groups in total. The number of carbonyl (C=O) groups excluding carboxylic acids is 3. The third kappa shape index (κ3) is 3.79. The number of rotatable bonds is 4. The highest BCUT2D eigenvalue weighted by Gasteiger charge is 2.20. The molecule has 0 aromatic heterocycles. The molecule has 8 heteroatoms. The van der Waals surface area contributed by atoms with Crippen molar-refractivity contribution in [2.75, 3.05) is 37.9 Å². The van der Waals surface area contributed by atoms with E-state index in [0.29, 0.717) is 30.0 Å². The number of benzene rings is 1. The molecule has 8 nitrogen and oxygen atoms in total. The van der Waals surface area contributed by atoms with Crippen molar-refractivity contribution in [3.05, 3.63) is 35.5 Å². The van der Waals surface area contributed by atoms with Crippen LogP contribution in [0, 0.1) is 0 Å². The van der Waals surface area contributed by atoms with E-state index in [1.165, 1.54) is 14.2 Å². The fraction of sp³-hybridized carbons (Fsp3) is 0.267. The molecule has 0 fully saturated rings. The summed E-state index contributed by atoms with van der Waals surface area (Å²) in [6, 6.07) is 5.01. The minimum absolute atomic E-state index is 0.0980. The van der Waals surface area contributed by atoms with Crippen LogP contribution in [0.15, 0.2) is 30.0 Å². The topological polar surface area (TPSA) is 106 Å². The lowest BCUT2D eigenvalue weighted by atomic mass is 10.1. The van der Waals surface area contributed by atoms with Crippen LogP contribution in [0.3, 0.4) is 0 Å². The number of anilines is 2. The predicted molar refractivity (Wildman–Crippen MR) is 83.0 cm³/mol. The molecular weight excluding hydrogens is 302 g/mol. The van der Waals surface area contributed by atoms with Gasteiger partial charge in [0.15, 0.2) is 0 Å². The summed E-state index contributed by atoms with van der Waals surface area (Å²) < 4.78 is 9.16. The predicted octanol–water partition coefficient (Wildman–Crippen LogP) is 0.484. The van der Waals surface area contributed by atoms with Crippen LogP contribution in [0.5, 0.6) is 0 Å². The largest absolute Gasteiger partial charge is 0.466 e. The molecule has 1 aromatic rings. The van der Waals surface area contributed by atoms with Gasteiger partial charge in [0, 0.05) is 13.1 Å². The van der Waals surface area contributed by atoms with Crippen molar-refractivity contribution in [1.82, 2.24) is 5.32 Å². The molecule has 1 aliphatic rings. The van der Waals surface area contributed by atoms with Crippen molar-refractivity contribution in [3.8, 4) is 0 Å². The summed E-state index contributed by atoms with van der Waals surface area (Å²) in [4.78, 5) is 35.2. The highest BCUT2D eigenvalue weighted by molar-refractivity contribution is 6.05. The van der Waals surface area contributed by atoms with Gasteiger partial charge in [-0.2, -0.15) is 0 Å². The Kier molecular flexibility index (Phi) is 5.19.